The van der Waals surface area contributed by atoms with Gasteiger partial charge < -0.3 is 35.7 Å². The van der Waals surface area contributed by atoms with Crippen LogP contribution in [0.1, 0.15) is 37.7 Å². The molecule has 3 fully saturated rings. The van der Waals surface area contributed by atoms with Gasteiger partial charge in [0.15, 0.2) is 6.29 Å². The summed E-state index contributed by atoms with van der Waals surface area (Å²) in [6.45, 7) is 1.25. The Kier molecular flexibility index (Phi) is 10.9. The van der Waals surface area contributed by atoms with E-state index in [4.69, 9.17) is 24.8 Å². The summed E-state index contributed by atoms with van der Waals surface area (Å²) in [6.07, 6.45) is 1.08. The minimum Gasteiger partial charge on any atom is -0.443 e. The number of carbonyl (C=O) groups excluding carboxylic acids is 1. The highest BCUT2D eigenvalue weighted by molar-refractivity contribution is 7.89. The molecule has 1 aliphatic carbocycles. The molecule has 5 atom stereocenters. The molecule has 1 saturated carbocycles. The number of rotatable bonds is 14. The lowest BCUT2D eigenvalue weighted by Crippen LogP contribution is -2.51. The number of fused-ring (bicyclic) bond motifs is 1. The molecule has 2 aromatic rings. The van der Waals surface area contributed by atoms with E-state index >= 15 is 0 Å². The highest BCUT2D eigenvalue weighted by atomic mass is 32.2. The molecule has 2 aliphatic heterocycles. The van der Waals surface area contributed by atoms with Crippen molar-refractivity contribution in [1.82, 2.24) is 9.79 Å². The van der Waals surface area contributed by atoms with Crippen LogP contribution < -0.4 is 16.4 Å². The van der Waals surface area contributed by atoms with Crippen LogP contribution in [0.2, 0.25) is 0 Å². The van der Waals surface area contributed by atoms with Gasteiger partial charge in [-0.1, -0.05) is 53.7 Å². The van der Waals surface area contributed by atoms with Crippen molar-refractivity contribution in [3.8, 4) is 0 Å². The summed E-state index contributed by atoms with van der Waals surface area (Å²) in [5.74, 6) is -0.0428. The predicted molar refractivity (Wildman–Crippen MR) is 158 cm³/mol. The maximum atomic E-state index is 13.9. The zero-order chi connectivity index (χ0) is 30.2. The Labute approximate surface area is 252 Å². The van der Waals surface area contributed by atoms with Crippen molar-refractivity contribution in [2.24, 2.45) is 11.7 Å². The molecule has 43 heavy (non-hydrogen) atoms. The third kappa shape index (κ3) is 8.24. The maximum absolute atomic E-state index is 13.9. The number of hydrogen-bond acceptors (Lipinski definition) is 10. The molecule has 2 heterocycles. The molecule has 2 saturated heterocycles. The molecule has 13 heteroatoms. The predicted octanol–water partition coefficient (Wildman–Crippen LogP) is 2.38. The fourth-order valence-electron chi connectivity index (χ4n) is 5.76. The zero-order valence-corrected chi connectivity index (χ0v) is 25.0. The molecule has 3 aliphatic rings. The number of hydrogen-bond donors (Lipinski definition) is 4. The largest absolute Gasteiger partial charge is 0.443 e. The monoisotopic (exact) mass is 618 g/mol. The number of alkyl carbamates (subject to hydrolysis) is 1. The summed E-state index contributed by atoms with van der Waals surface area (Å²) in [6, 6.07) is 14.9. The molecule has 0 unspecified atom stereocenters. The van der Waals surface area contributed by atoms with Crippen molar-refractivity contribution < 1.29 is 37.4 Å². The summed E-state index contributed by atoms with van der Waals surface area (Å²) in [5, 5.41) is 17.4. The molecular formula is C30H42N4O8S. The van der Waals surface area contributed by atoms with E-state index in [-0.39, 0.29) is 36.2 Å². The molecule has 0 bridgehead atoms. The van der Waals surface area contributed by atoms with E-state index in [1.807, 2.05) is 30.3 Å². The smallest absolute Gasteiger partial charge is 0.407 e. The average molecular weight is 619 g/mol. The van der Waals surface area contributed by atoms with E-state index < -0.39 is 40.9 Å². The summed E-state index contributed by atoms with van der Waals surface area (Å²) in [7, 11) is -4.19. The number of anilines is 1. The van der Waals surface area contributed by atoms with E-state index in [2.05, 4.69) is 10.6 Å². The second-order valence-electron chi connectivity index (χ2n) is 11.2. The van der Waals surface area contributed by atoms with Gasteiger partial charge in [-0.15, -0.1) is 0 Å². The summed E-state index contributed by atoms with van der Waals surface area (Å²) in [5.41, 5.74) is 7.05. The normalized spacial score (nSPS) is 23.7. The Morgan fingerprint density at radius 1 is 1.09 bits per heavy atom. The summed E-state index contributed by atoms with van der Waals surface area (Å²) >= 11 is 0. The first-order valence-corrected chi connectivity index (χ1v) is 16.4. The van der Waals surface area contributed by atoms with Gasteiger partial charge >= 0.3 is 6.09 Å². The maximum Gasteiger partial charge on any atom is 0.407 e. The van der Waals surface area contributed by atoms with Gasteiger partial charge in [0.25, 0.3) is 10.0 Å². The first-order valence-electron chi connectivity index (χ1n) is 15.0. The van der Waals surface area contributed by atoms with Crippen LogP contribution in [0.3, 0.4) is 0 Å². The molecule has 5 rings (SSSR count). The number of sulfonamides is 1. The first kappa shape index (κ1) is 31.6. The quantitative estimate of drug-likeness (QED) is 0.231. The molecule has 12 nitrogen and oxygen atoms in total. The lowest BCUT2D eigenvalue weighted by atomic mass is 10.0. The third-order valence-electron chi connectivity index (χ3n) is 8.09. The number of carbonyl (C=O) groups is 1. The molecule has 5 N–H and O–H groups in total. The van der Waals surface area contributed by atoms with Crippen molar-refractivity contribution in [3.63, 3.8) is 0 Å². The third-order valence-corrected chi connectivity index (χ3v) is 9.71. The van der Waals surface area contributed by atoms with Crippen LogP contribution in [0.15, 0.2) is 59.5 Å². The van der Waals surface area contributed by atoms with Gasteiger partial charge in [-0.2, -0.15) is 0 Å². The van der Waals surface area contributed by atoms with Gasteiger partial charge in [0.2, 0.25) is 0 Å². The van der Waals surface area contributed by atoms with Crippen molar-refractivity contribution in [2.45, 2.75) is 74.1 Å². The van der Waals surface area contributed by atoms with Crippen molar-refractivity contribution in [1.29, 1.82) is 0 Å². The summed E-state index contributed by atoms with van der Waals surface area (Å²) < 4.78 is 45.5. The average Bonchev–Trinajstić information content (AvgIpc) is 3.77. The number of nitrogens with two attached hydrogens (primary N) is 1. The van der Waals surface area contributed by atoms with Crippen LogP contribution in [-0.4, -0.2) is 87.6 Å². The van der Waals surface area contributed by atoms with Gasteiger partial charge in [0.05, 0.1) is 48.8 Å². The summed E-state index contributed by atoms with van der Waals surface area (Å²) in [4.78, 5) is 19.1. The van der Waals surface area contributed by atoms with Crippen molar-refractivity contribution in [3.05, 3.63) is 60.2 Å². The minimum absolute atomic E-state index is 0.0151. The Morgan fingerprint density at radius 2 is 1.88 bits per heavy atom. The molecule has 1 amide bonds. The van der Waals surface area contributed by atoms with E-state index in [1.54, 1.807) is 12.1 Å². The number of hydroxylamine groups is 1. The van der Waals surface area contributed by atoms with E-state index in [0.717, 1.165) is 29.3 Å². The van der Waals surface area contributed by atoms with Crippen LogP contribution in [0.5, 0.6) is 0 Å². The number of ether oxygens (including phenoxy) is 3. The van der Waals surface area contributed by atoms with Gasteiger partial charge in [0, 0.05) is 18.8 Å². The van der Waals surface area contributed by atoms with Crippen LogP contribution in [0.25, 0.3) is 0 Å². The van der Waals surface area contributed by atoms with Gasteiger partial charge in [0.1, 0.15) is 6.10 Å². The standard InChI is InChI=1S/C30H42N4O8S/c31-14-15-32-22-9-6-12-24(18-22)43(37,38)34(42-23-10-4-5-11-23)19-27(35)26(17-21-7-2-1-3-8-21)33-30(36)41-28-20-40-29-25(28)13-16-39-29/h1-3,6-9,12,18,23,25-29,32,35H,4-5,10-11,13-17,19-20,31H2,(H,33,36)/t25-,26+,27+,28+,29-/m1/s1. The minimum atomic E-state index is -4.19. The molecule has 2 aromatic carbocycles. The van der Waals surface area contributed by atoms with Gasteiger partial charge in [-0.25, -0.2) is 13.2 Å². The molecule has 0 aromatic heterocycles. The number of aliphatic hydroxyl groups is 1. The van der Waals surface area contributed by atoms with Crippen LogP contribution in [0, 0.1) is 5.92 Å². The van der Waals surface area contributed by atoms with Crippen molar-refractivity contribution in [2.75, 3.05) is 38.2 Å². The number of nitrogens with zero attached hydrogens (tertiary/aromatic N) is 1. The number of aliphatic hydroxyl groups excluding tert-OH is 1. The topological polar surface area (TPSA) is 162 Å². The molecule has 236 valence electrons. The Balaban J connectivity index is 1.34. The number of benzene rings is 2. The number of amides is 1. The highest BCUT2D eigenvalue weighted by Gasteiger charge is 2.44. The van der Waals surface area contributed by atoms with Gasteiger partial charge in [-0.3, -0.25) is 4.84 Å². The Hall–Kier alpha value is -2.78. The SMILES string of the molecule is NCCNc1cccc(S(=O)(=O)N(C[C@H](O)[C@H](Cc2ccccc2)NC(=O)O[C@H]2CO[C@H]3OCC[C@@H]32)OC2CCCC2)c1. The molecular weight excluding hydrogens is 576 g/mol. The Bertz CT molecular complexity index is 1290. The van der Waals surface area contributed by atoms with Crippen LogP contribution in [0.4, 0.5) is 10.5 Å². The fraction of sp³-hybridized carbons (Fsp3) is 0.567. The van der Waals surface area contributed by atoms with Crippen LogP contribution >= 0.6 is 0 Å². The first-order chi connectivity index (χ1) is 20.8. The van der Waals surface area contributed by atoms with E-state index in [0.29, 0.717) is 38.2 Å². The van der Waals surface area contributed by atoms with E-state index in [9.17, 15) is 18.3 Å². The second kappa shape index (κ2) is 14.8. The lowest BCUT2D eigenvalue weighted by Gasteiger charge is -2.31. The highest BCUT2D eigenvalue weighted by Crippen LogP contribution is 2.33. The van der Waals surface area contributed by atoms with Crippen molar-refractivity contribution >= 4 is 21.8 Å². The second-order valence-corrected chi connectivity index (χ2v) is 13.1. The van der Waals surface area contributed by atoms with Gasteiger partial charge in [-0.05, 0) is 49.4 Å². The molecule has 0 radical (unpaired) electrons. The van der Waals surface area contributed by atoms with Crippen LogP contribution in [-0.2, 0) is 35.5 Å². The van der Waals surface area contributed by atoms with E-state index in [1.165, 1.54) is 12.1 Å². The zero-order valence-electron chi connectivity index (χ0n) is 24.2. The lowest BCUT2D eigenvalue weighted by molar-refractivity contribution is -0.145. The number of nitrogens with one attached hydrogen (secondary N) is 2. The molecule has 0 spiro atoms. The fourth-order valence-corrected chi connectivity index (χ4v) is 7.11. The Morgan fingerprint density at radius 3 is 2.65 bits per heavy atom.